The lowest BCUT2D eigenvalue weighted by Gasteiger charge is -2.11. The van der Waals surface area contributed by atoms with Crippen molar-refractivity contribution in [3.63, 3.8) is 0 Å². The van der Waals surface area contributed by atoms with Gasteiger partial charge in [0.05, 0.1) is 30.9 Å². The van der Waals surface area contributed by atoms with Gasteiger partial charge in [-0.25, -0.2) is 0 Å². The van der Waals surface area contributed by atoms with E-state index in [4.69, 9.17) is 10.5 Å². The van der Waals surface area contributed by atoms with E-state index in [9.17, 15) is 9.59 Å². The number of nitrogens with one attached hydrogen (secondary N) is 3. The number of nitrogens with two attached hydrogens (primary N) is 1. The highest BCUT2D eigenvalue weighted by molar-refractivity contribution is 6.01. The third-order valence-electron chi connectivity index (χ3n) is 2.97. The van der Waals surface area contributed by atoms with E-state index >= 15 is 0 Å². The Hall–Kier alpha value is -2.28. The van der Waals surface area contributed by atoms with Crippen molar-refractivity contribution in [1.82, 2.24) is 5.32 Å². The molecule has 0 bridgehead atoms. The number of nitrogen functional groups attached to an aromatic ring is 1. The monoisotopic (exact) mass is 278 g/mol. The summed E-state index contributed by atoms with van der Waals surface area (Å²) in [6.45, 7) is 1.05. The Kier molecular flexibility index (Phi) is 4.41. The van der Waals surface area contributed by atoms with Crippen molar-refractivity contribution in [2.24, 2.45) is 0 Å². The van der Waals surface area contributed by atoms with Crippen LogP contribution < -0.4 is 21.7 Å². The Labute approximate surface area is 116 Å². The lowest BCUT2D eigenvalue weighted by molar-refractivity contribution is -0.119. The van der Waals surface area contributed by atoms with Crippen molar-refractivity contribution in [3.8, 4) is 0 Å². The first kappa shape index (κ1) is 14.1. The van der Waals surface area contributed by atoms with Crippen LogP contribution in [0.5, 0.6) is 0 Å². The zero-order chi connectivity index (χ0) is 14.5. The summed E-state index contributed by atoms with van der Waals surface area (Å²) in [5.41, 5.74) is 8.66. The SMILES string of the molecule is COCCNC(=O)CNc1cc2c(cc1N)CC(=O)N2. The molecular weight excluding hydrogens is 260 g/mol. The summed E-state index contributed by atoms with van der Waals surface area (Å²) < 4.78 is 4.84. The minimum absolute atomic E-state index is 0.0474. The molecule has 0 saturated carbocycles. The molecule has 1 heterocycles. The van der Waals surface area contributed by atoms with Gasteiger partial charge < -0.3 is 26.4 Å². The molecule has 7 nitrogen and oxygen atoms in total. The van der Waals surface area contributed by atoms with E-state index in [1.54, 1.807) is 19.2 Å². The normalized spacial score (nSPS) is 12.8. The fraction of sp³-hybridized carbons (Fsp3) is 0.385. The Balaban J connectivity index is 1.92. The van der Waals surface area contributed by atoms with E-state index < -0.39 is 0 Å². The number of rotatable bonds is 6. The second-order valence-electron chi connectivity index (χ2n) is 4.52. The molecule has 0 spiro atoms. The number of methoxy groups -OCH3 is 1. The smallest absolute Gasteiger partial charge is 0.239 e. The zero-order valence-corrected chi connectivity index (χ0v) is 11.3. The minimum atomic E-state index is -0.147. The predicted molar refractivity (Wildman–Crippen MR) is 76.6 cm³/mol. The molecule has 0 radical (unpaired) electrons. The van der Waals surface area contributed by atoms with E-state index in [2.05, 4.69) is 16.0 Å². The largest absolute Gasteiger partial charge is 0.397 e. The Morgan fingerprint density at radius 3 is 3.05 bits per heavy atom. The Morgan fingerprint density at radius 1 is 1.50 bits per heavy atom. The first-order valence-corrected chi connectivity index (χ1v) is 6.32. The summed E-state index contributed by atoms with van der Waals surface area (Å²) in [5, 5.41) is 8.39. The van der Waals surface area contributed by atoms with Crippen LogP contribution in [-0.2, 0) is 20.7 Å². The quantitative estimate of drug-likeness (QED) is 0.431. The first-order valence-electron chi connectivity index (χ1n) is 6.32. The topological polar surface area (TPSA) is 105 Å². The van der Waals surface area contributed by atoms with Crippen LogP contribution in [0.1, 0.15) is 5.56 Å². The number of amides is 2. The van der Waals surface area contributed by atoms with Crippen molar-refractivity contribution in [2.45, 2.75) is 6.42 Å². The lowest BCUT2D eigenvalue weighted by Crippen LogP contribution is -2.32. The van der Waals surface area contributed by atoms with Crippen molar-refractivity contribution in [2.75, 3.05) is 43.2 Å². The van der Waals surface area contributed by atoms with Gasteiger partial charge in [0.2, 0.25) is 11.8 Å². The molecule has 2 amide bonds. The van der Waals surface area contributed by atoms with Crippen molar-refractivity contribution < 1.29 is 14.3 Å². The number of fused-ring (bicyclic) bond motifs is 1. The maximum atomic E-state index is 11.5. The van der Waals surface area contributed by atoms with Crippen LogP contribution in [0.15, 0.2) is 12.1 Å². The molecule has 0 aliphatic carbocycles. The second kappa shape index (κ2) is 6.25. The van der Waals surface area contributed by atoms with Gasteiger partial charge in [0.25, 0.3) is 0 Å². The van der Waals surface area contributed by atoms with Crippen molar-refractivity contribution >= 4 is 28.9 Å². The number of benzene rings is 1. The lowest BCUT2D eigenvalue weighted by atomic mass is 10.1. The summed E-state index contributed by atoms with van der Waals surface area (Å²) in [6, 6.07) is 3.50. The minimum Gasteiger partial charge on any atom is -0.397 e. The average molecular weight is 278 g/mol. The van der Waals surface area contributed by atoms with Crippen LogP contribution in [0.25, 0.3) is 0 Å². The fourth-order valence-corrected chi connectivity index (χ4v) is 1.98. The molecule has 0 aromatic heterocycles. The maximum Gasteiger partial charge on any atom is 0.239 e. The molecule has 1 aliphatic rings. The van der Waals surface area contributed by atoms with Crippen LogP contribution in [0, 0.1) is 0 Å². The van der Waals surface area contributed by atoms with Gasteiger partial charge in [-0.3, -0.25) is 9.59 Å². The maximum absolute atomic E-state index is 11.5. The molecule has 0 fully saturated rings. The summed E-state index contributed by atoms with van der Waals surface area (Å²) in [4.78, 5) is 22.8. The molecule has 7 heteroatoms. The van der Waals surface area contributed by atoms with E-state index in [0.717, 1.165) is 11.3 Å². The second-order valence-corrected chi connectivity index (χ2v) is 4.52. The highest BCUT2D eigenvalue weighted by Gasteiger charge is 2.19. The van der Waals surface area contributed by atoms with Gasteiger partial charge in [-0.05, 0) is 17.7 Å². The van der Waals surface area contributed by atoms with Crippen LogP contribution in [0.2, 0.25) is 0 Å². The molecule has 2 rings (SSSR count). The number of carbonyl (C=O) groups is 2. The highest BCUT2D eigenvalue weighted by Crippen LogP contribution is 2.31. The van der Waals surface area contributed by atoms with Crippen LogP contribution in [0.4, 0.5) is 17.1 Å². The molecule has 0 unspecified atom stereocenters. The zero-order valence-electron chi connectivity index (χ0n) is 11.3. The summed E-state index contributed by atoms with van der Waals surface area (Å²) in [6.07, 6.45) is 0.345. The van der Waals surface area contributed by atoms with Gasteiger partial charge in [-0.15, -0.1) is 0 Å². The molecule has 1 aromatic carbocycles. The predicted octanol–water partition coefficient (Wildman–Crippen LogP) is -0.0621. The van der Waals surface area contributed by atoms with Gasteiger partial charge in [-0.2, -0.15) is 0 Å². The van der Waals surface area contributed by atoms with Crippen LogP contribution in [-0.4, -0.2) is 38.6 Å². The van der Waals surface area contributed by atoms with Crippen molar-refractivity contribution in [3.05, 3.63) is 17.7 Å². The van der Waals surface area contributed by atoms with E-state index in [0.29, 0.717) is 30.9 Å². The molecule has 108 valence electrons. The molecule has 1 aliphatic heterocycles. The summed E-state index contributed by atoms with van der Waals surface area (Å²) in [7, 11) is 1.57. The van der Waals surface area contributed by atoms with E-state index in [1.165, 1.54) is 0 Å². The molecule has 0 saturated heterocycles. The first-order chi connectivity index (χ1) is 9.60. The number of hydrogen-bond donors (Lipinski definition) is 4. The van der Waals surface area contributed by atoms with E-state index in [1.807, 2.05) is 0 Å². The average Bonchev–Trinajstić information content (AvgIpc) is 2.75. The summed E-state index contributed by atoms with van der Waals surface area (Å²) in [5.74, 6) is -0.195. The van der Waals surface area contributed by atoms with Gasteiger partial charge in [-0.1, -0.05) is 0 Å². The number of ether oxygens (including phenoxy) is 1. The standard InChI is InChI=1S/C13H18N4O3/c1-20-3-2-15-13(19)7-16-11-6-10-8(4-9(11)14)5-12(18)17-10/h4,6,16H,2-3,5,7,14H2,1H3,(H,15,19)(H,17,18). The van der Waals surface area contributed by atoms with Crippen LogP contribution >= 0.6 is 0 Å². The number of hydrogen-bond acceptors (Lipinski definition) is 5. The fourth-order valence-electron chi connectivity index (χ4n) is 1.98. The van der Waals surface area contributed by atoms with Gasteiger partial charge >= 0.3 is 0 Å². The summed E-state index contributed by atoms with van der Waals surface area (Å²) >= 11 is 0. The third kappa shape index (κ3) is 3.39. The Morgan fingerprint density at radius 2 is 2.30 bits per heavy atom. The molecular formula is C13H18N4O3. The van der Waals surface area contributed by atoms with E-state index in [-0.39, 0.29) is 18.4 Å². The Bertz CT molecular complexity index is 531. The van der Waals surface area contributed by atoms with Gasteiger partial charge in [0.1, 0.15) is 0 Å². The highest BCUT2D eigenvalue weighted by atomic mass is 16.5. The third-order valence-corrected chi connectivity index (χ3v) is 2.97. The number of carbonyl (C=O) groups excluding carboxylic acids is 2. The van der Waals surface area contributed by atoms with Gasteiger partial charge in [0, 0.05) is 19.3 Å². The molecule has 0 atom stereocenters. The van der Waals surface area contributed by atoms with Crippen LogP contribution in [0.3, 0.4) is 0 Å². The van der Waals surface area contributed by atoms with Gasteiger partial charge in [0.15, 0.2) is 0 Å². The van der Waals surface area contributed by atoms with Crippen molar-refractivity contribution in [1.29, 1.82) is 0 Å². The molecule has 20 heavy (non-hydrogen) atoms. The molecule has 5 N–H and O–H groups in total. The number of anilines is 3. The molecule has 1 aromatic rings.